The van der Waals surface area contributed by atoms with Gasteiger partial charge in [0.15, 0.2) is 5.82 Å². The van der Waals surface area contributed by atoms with Crippen LogP contribution < -0.4 is 15.0 Å². The fourth-order valence-electron chi connectivity index (χ4n) is 2.60. The first kappa shape index (κ1) is 17.7. The van der Waals surface area contributed by atoms with E-state index in [1.165, 1.54) is 5.56 Å². The monoisotopic (exact) mass is 349 g/mol. The smallest absolute Gasteiger partial charge is 0.249 e. The van der Waals surface area contributed by atoms with E-state index in [1.54, 1.807) is 13.3 Å². The Morgan fingerprint density at radius 1 is 1.04 bits per heavy atom. The molecule has 0 saturated carbocycles. The Balaban J connectivity index is 1.79. The number of aromatic nitrogens is 3. The molecule has 0 radical (unpaired) electrons. The van der Waals surface area contributed by atoms with E-state index < -0.39 is 0 Å². The van der Waals surface area contributed by atoms with Gasteiger partial charge in [0.1, 0.15) is 5.75 Å². The molecule has 0 fully saturated rings. The first-order valence-electron chi connectivity index (χ1n) is 8.57. The molecule has 6 nitrogen and oxygen atoms in total. The van der Waals surface area contributed by atoms with Gasteiger partial charge in [-0.15, -0.1) is 5.10 Å². The zero-order chi connectivity index (χ0) is 18.4. The van der Waals surface area contributed by atoms with Crippen LogP contribution in [0.5, 0.6) is 5.75 Å². The van der Waals surface area contributed by atoms with Gasteiger partial charge in [-0.3, -0.25) is 0 Å². The maximum Gasteiger partial charge on any atom is 0.249 e. The Morgan fingerprint density at radius 3 is 2.42 bits per heavy atom. The molecule has 134 valence electrons. The summed E-state index contributed by atoms with van der Waals surface area (Å²) >= 11 is 0. The molecule has 6 heteroatoms. The van der Waals surface area contributed by atoms with Crippen molar-refractivity contribution in [1.29, 1.82) is 0 Å². The Hall–Kier alpha value is -3.15. The Morgan fingerprint density at radius 2 is 1.77 bits per heavy atom. The van der Waals surface area contributed by atoms with Gasteiger partial charge in [0, 0.05) is 18.3 Å². The minimum absolute atomic E-state index is 0.278. The Kier molecular flexibility index (Phi) is 5.63. The number of methoxy groups -OCH3 is 1. The zero-order valence-corrected chi connectivity index (χ0v) is 15.3. The third-order valence-corrected chi connectivity index (χ3v) is 4.01. The third kappa shape index (κ3) is 4.47. The van der Waals surface area contributed by atoms with Crippen LogP contribution in [0, 0.1) is 0 Å². The number of nitrogens with zero attached hydrogens (tertiary/aromatic N) is 4. The van der Waals surface area contributed by atoms with Crippen LogP contribution in [0.25, 0.3) is 0 Å². The lowest BCUT2D eigenvalue weighted by molar-refractivity contribution is 0.415. The molecule has 0 aliphatic heterocycles. The van der Waals surface area contributed by atoms with Crippen molar-refractivity contribution in [3.63, 3.8) is 0 Å². The highest BCUT2D eigenvalue weighted by molar-refractivity contribution is 5.55. The summed E-state index contributed by atoms with van der Waals surface area (Å²) in [6.07, 6.45) is 1.70. The number of rotatable bonds is 7. The summed E-state index contributed by atoms with van der Waals surface area (Å²) in [5.74, 6) is 2.05. The van der Waals surface area contributed by atoms with E-state index in [-0.39, 0.29) is 6.04 Å². The summed E-state index contributed by atoms with van der Waals surface area (Å²) in [6, 6.07) is 18.2. The van der Waals surface area contributed by atoms with Crippen molar-refractivity contribution in [2.45, 2.75) is 26.4 Å². The molecule has 2 aromatic carbocycles. The number of anilines is 3. The first-order chi connectivity index (χ1) is 12.7. The summed E-state index contributed by atoms with van der Waals surface area (Å²) in [4.78, 5) is 6.84. The van der Waals surface area contributed by atoms with Crippen molar-refractivity contribution in [3.05, 3.63) is 66.4 Å². The van der Waals surface area contributed by atoms with Crippen molar-refractivity contribution < 1.29 is 4.74 Å². The minimum atomic E-state index is 0.278. The molecule has 3 aromatic rings. The van der Waals surface area contributed by atoms with Crippen molar-refractivity contribution in [1.82, 2.24) is 15.2 Å². The first-order valence-corrected chi connectivity index (χ1v) is 8.57. The fourth-order valence-corrected chi connectivity index (χ4v) is 2.60. The summed E-state index contributed by atoms with van der Waals surface area (Å²) in [5.41, 5.74) is 2.10. The predicted octanol–water partition coefficient (Wildman–Crippen LogP) is 4.04. The molecule has 0 unspecified atom stereocenters. The van der Waals surface area contributed by atoms with Crippen LogP contribution >= 0.6 is 0 Å². The molecular weight excluding hydrogens is 326 g/mol. The highest BCUT2D eigenvalue weighted by Gasteiger charge is 2.14. The second kappa shape index (κ2) is 8.29. The number of ether oxygens (including phenoxy) is 1. The maximum absolute atomic E-state index is 5.17. The molecule has 0 atom stereocenters. The summed E-state index contributed by atoms with van der Waals surface area (Å²) in [6.45, 7) is 5.04. The molecule has 3 rings (SSSR count). The summed E-state index contributed by atoms with van der Waals surface area (Å²) in [7, 11) is 1.65. The molecule has 0 saturated heterocycles. The van der Waals surface area contributed by atoms with Gasteiger partial charge in [0.05, 0.1) is 13.3 Å². The predicted molar refractivity (Wildman–Crippen MR) is 104 cm³/mol. The second-order valence-electron chi connectivity index (χ2n) is 6.20. The quantitative estimate of drug-likeness (QED) is 0.694. The van der Waals surface area contributed by atoms with Crippen LogP contribution in [-0.4, -0.2) is 28.3 Å². The van der Waals surface area contributed by atoms with Gasteiger partial charge in [0.2, 0.25) is 5.95 Å². The van der Waals surface area contributed by atoms with Gasteiger partial charge in [0.25, 0.3) is 0 Å². The topological polar surface area (TPSA) is 63.2 Å². The average molecular weight is 349 g/mol. The van der Waals surface area contributed by atoms with E-state index in [1.807, 2.05) is 42.5 Å². The molecule has 0 spiro atoms. The standard InChI is InChI=1S/C20H23N5O/c1-15(2)25(14-16-7-5-4-6-8-16)19-13-21-24-20(23-19)22-17-9-11-18(26-3)12-10-17/h4-13,15H,14H2,1-3H3,(H,22,23,24). The van der Waals surface area contributed by atoms with Crippen molar-refractivity contribution in [2.24, 2.45) is 0 Å². The van der Waals surface area contributed by atoms with Crippen LogP contribution in [0.2, 0.25) is 0 Å². The third-order valence-electron chi connectivity index (χ3n) is 4.01. The van der Waals surface area contributed by atoms with Gasteiger partial charge >= 0.3 is 0 Å². The van der Waals surface area contributed by atoms with Gasteiger partial charge in [-0.2, -0.15) is 10.1 Å². The average Bonchev–Trinajstić information content (AvgIpc) is 2.67. The van der Waals surface area contributed by atoms with Crippen LogP contribution in [-0.2, 0) is 6.54 Å². The van der Waals surface area contributed by atoms with Gasteiger partial charge in [-0.25, -0.2) is 0 Å². The van der Waals surface area contributed by atoms with Crippen molar-refractivity contribution >= 4 is 17.5 Å². The Labute approximate surface area is 153 Å². The Bertz CT molecular complexity index is 821. The van der Waals surface area contributed by atoms with E-state index in [4.69, 9.17) is 4.74 Å². The molecule has 26 heavy (non-hydrogen) atoms. The van der Waals surface area contributed by atoms with E-state index in [2.05, 4.69) is 51.4 Å². The van der Waals surface area contributed by atoms with Gasteiger partial charge < -0.3 is 15.0 Å². The second-order valence-corrected chi connectivity index (χ2v) is 6.20. The van der Waals surface area contributed by atoms with Crippen molar-refractivity contribution in [3.8, 4) is 5.75 Å². The van der Waals surface area contributed by atoms with E-state index >= 15 is 0 Å². The molecule has 1 aromatic heterocycles. The number of nitrogens with one attached hydrogen (secondary N) is 1. The van der Waals surface area contributed by atoms with Gasteiger partial charge in [-0.05, 0) is 43.7 Å². The highest BCUT2D eigenvalue weighted by Crippen LogP contribution is 2.21. The van der Waals surface area contributed by atoms with Crippen LogP contribution in [0.4, 0.5) is 17.5 Å². The lowest BCUT2D eigenvalue weighted by atomic mass is 10.2. The molecule has 0 amide bonds. The van der Waals surface area contributed by atoms with Crippen LogP contribution in [0.1, 0.15) is 19.4 Å². The molecule has 1 heterocycles. The zero-order valence-electron chi connectivity index (χ0n) is 15.3. The van der Waals surface area contributed by atoms with Crippen LogP contribution in [0.3, 0.4) is 0 Å². The van der Waals surface area contributed by atoms with Gasteiger partial charge in [-0.1, -0.05) is 30.3 Å². The largest absolute Gasteiger partial charge is 0.497 e. The lowest BCUT2D eigenvalue weighted by Gasteiger charge is -2.27. The number of benzene rings is 2. The number of hydrogen-bond donors (Lipinski definition) is 1. The number of hydrogen-bond acceptors (Lipinski definition) is 6. The maximum atomic E-state index is 5.17. The molecule has 0 aliphatic rings. The molecular formula is C20H23N5O. The SMILES string of the molecule is COc1ccc(Nc2nncc(N(Cc3ccccc3)C(C)C)n2)cc1. The van der Waals surface area contributed by atoms with E-state index in [0.29, 0.717) is 5.95 Å². The highest BCUT2D eigenvalue weighted by atomic mass is 16.5. The van der Waals surface area contributed by atoms with Crippen LogP contribution in [0.15, 0.2) is 60.8 Å². The van der Waals surface area contributed by atoms with E-state index in [9.17, 15) is 0 Å². The summed E-state index contributed by atoms with van der Waals surface area (Å²) in [5, 5.41) is 11.4. The minimum Gasteiger partial charge on any atom is -0.497 e. The van der Waals surface area contributed by atoms with E-state index in [0.717, 1.165) is 23.8 Å². The summed E-state index contributed by atoms with van der Waals surface area (Å²) < 4.78 is 5.17. The molecule has 0 bridgehead atoms. The molecule has 1 N–H and O–H groups in total. The normalized spacial score (nSPS) is 10.6. The van der Waals surface area contributed by atoms with Crippen molar-refractivity contribution in [2.75, 3.05) is 17.3 Å². The molecule has 0 aliphatic carbocycles. The lowest BCUT2D eigenvalue weighted by Crippen LogP contribution is -2.31. The fraction of sp³-hybridized carbons (Fsp3) is 0.250.